The fourth-order valence-electron chi connectivity index (χ4n) is 3.21. The second kappa shape index (κ2) is 10.1. The van der Waals surface area contributed by atoms with Crippen molar-refractivity contribution in [3.63, 3.8) is 0 Å². The summed E-state index contributed by atoms with van der Waals surface area (Å²) >= 11 is 9.73. The molecular formula is C24H19BrClN3O4. The number of fused-ring (bicyclic) bond motifs is 1. The van der Waals surface area contributed by atoms with Gasteiger partial charge in [0.25, 0.3) is 5.56 Å². The van der Waals surface area contributed by atoms with Crippen LogP contribution in [0.2, 0.25) is 5.02 Å². The minimum atomic E-state index is -0.626. The van der Waals surface area contributed by atoms with Gasteiger partial charge in [-0.1, -0.05) is 41.9 Å². The fraction of sp³-hybridized carbons (Fsp3) is 0.125. The number of hydrogen-bond acceptors (Lipinski definition) is 5. The van der Waals surface area contributed by atoms with Crippen LogP contribution in [0, 0.1) is 0 Å². The number of aromatic nitrogens is 2. The Morgan fingerprint density at radius 3 is 2.64 bits per heavy atom. The van der Waals surface area contributed by atoms with Gasteiger partial charge in [-0.2, -0.15) is 5.10 Å². The molecule has 0 bridgehead atoms. The second-order valence-electron chi connectivity index (χ2n) is 6.98. The van der Waals surface area contributed by atoms with Crippen molar-refractivity contribution in [1.29, 1.82) is 0 Å². The molecule has 0 atom stereocenters. The first-order chi connectivity index (χ1) is 16.0. The van der Waals surface area contributed by atoms with Gasteiger partial charge in [0.15, 0.2) is 11.5 Å². The molecule has 0 saturated carbocycles. The summed E-state index contributed by atoms with van der Waals surface area (Å²) in [5.41, 5.74) is 0.775. The van der Waals surface area contributed by atoms with Gasteiger partial charge in [0.2, 0.25) is 0 Å². The zero-order chi connectivity index (χ0) is 23.4. The number of aromatic amines is 1. The van der Waals surface area contributed by atoms with Gasteiger partial charge in [-0.05, 0) is 58.7 Å². The van der Waals surface area contributed by atoms with Crippen molar-refractivity contribution in [3.05, 3.63) is 102 Å². The van der Waals surface area contributed by atoms with E-state index in [1.807, 2.05) is 25.1 Å². The molecule has 168 valence electrons. The third-order valence-corrected chi connectivity index (χ3v) is 5.73. The lowest BCUT2D eigenvalue weighted by Crippen LogP contribution is -2.32. The molecule has 0 saturated heterocycles. The normalized spacial score (nSPS) is 11.2. The van der Waals surface area contributed by atoms with Crippen LogP contribution in [0.1, 0.15) is 18.1 Å². The van der Waals surface area contributed by atoms with Gasteiger partial charge in [-0.3, -0.25) is 4.79 Å². The largest absolute Gasteiger partial charge is 0.490 e. The molecule has 9 heteroatoms. The van der Waals surface area contributed by atoms with Crippen molar-refractivity contribution in [2.24, 2.45) is 5.10 Å². The number of halogens is 2. The van der Waals surface area contributed by atoms with Crippen LogP contribution >= 0.6 is 27.5 Å². The summed E-state index contributed by atoms with van der Waals surface area (Å²) in [4.78, 5) is 27.7. The predicted octanol–water partition coefficient (Wildman–Crippen LogP) is 4.97. The topological polar surface area (TPSA) is 85.7 Å². The van der Waals surface area contributed by atoms with E-state index in [1.54, 1.807) is 42.5 Å². The highest BCUT2D eigenvalue weighted by atomic mass is 79.9. The zero-order valence-corrected chi connectivity index (χ0v) is 19.9. The molecule has 1 N–H and O–H groups in total. The molecule has 0 radical (unpaired) electrons. The Balaban J connectivity index is 1.66. The van der Waals surface area contributed by atoms with Crippen molar-refractivity contribution in [2.45, 2.75) is 13.5 Å². The first-order valence-electron chi connectivity index (χ1n) is 10.1. The Morgan fingerprint density at radius 1 is 1.09 bits per heavy atom. The highest BCUT2D eigenvalue weighted by Gasteiger charge is 2.13. The van der Waals surface area contributed by atoms with E-state index < -0.39 is 11.2 Å². The maximum atomic E-state index is 12.7. The lowest BCUT2D eigenvalue weighted by atomic mass is 10.2. The fourth-order valence-corrected chi connectivity index (χ4v) is 3.98. The number of H-pyrrole nitrogens is 1. The van der Waals surface area contributed by atoms with Crippen molar-refractivity contribution >= 4 is 44.6 Å². The van der Waals surface area contributed by atoms with Crippen molar-refractivity contribution in [1.82, 2.24) is 9.66 Å². The summed E-state index contributed by atoms with van der Waals surface area (Å²) in [5.74, 6) is 0.995. The van der Waals surface area contributed by atoms with E-state index in [1.165, 1.54) is 6.21 Å². The molecule has 4 aromatic rings. The van der Waals surface area contributed by atoms with Gasteiger partial charge >= 0.3 is 5.69 Å². The Hall–Kier alpha value is -3.36. The summed E-state index contributed by atoms with van der Waals surface area (Å²) in [7, 11) is 0. The van der Waals surface area contributed by atoms with Crippen molar-refractivity contribution in [3.8, 4) is 11.5 Å². The standard InChI is InChI=1S/C24H19BrClN3O4/c1-2-32-21-12-15(11-18(25)22(21)33-14-16-7-3-5-9-19(16)26)13-27-29-23(30)17-8-4-6-10-20(17)28-24(29)31/h3-13H,2,14H2,1H3,(H,28,31). The predicted molar refractivity (Wildman–Crippen MR) is 133 cm³/mol. The average molecular weight is 529 g/mol. The Kier molecular flexibility index (Phi) is 6.96. The van der Waals surface area contributed by atoms with Crippen LogP contribution in [0.25, 0.3) is 10.9 Å². The molecule has 1 aromatic heterocycles. The molecule has 0 unspecified atom stereocenters. The van der Waals surface area contributed by atoms with E-state index in [9.17, 15) is 9.59 Å². The maximum Gasteiger partial charge on any atom is 0.349 e. The van der Waals surface area contributed by atoms with Crippen molar-refractivity contribution < 1.29 is 9.47 Å². The number of nitrogens with one attached hydrogen (secondary N) is 1. The number of rotatable bonds is 7. The molecule has 3 aromatic carbocycles. The summed E-state index contributed by atoms with van der Waals surface area (Å²) < 4.78 is 13.1. The Morgan fingerprint density at radius 2 is 1.85 bits per heavy atom. The SMILES string of the molecule is CCOc1cc(C=Nn2c(=O)[nH]c3ccccc3c2=O)cc(Br)c1OCc1ccccc1Cl. The molecule has 0 spiro atoms. The number of ether oxygens (including phenoxy) is 2. The first kappa shape index (κ1) is 22.8. The molecule has 0 fully saturated rings. The highest BCUT2D eigenvalue weighted by molar-refractivity contribution is 9.10. The van der Waals surface area contributed by atoms with Crippen molar-refractivity contribution in [2.75, 3.05) is 6.61 Å². The van der Waals surface area contributed by atoms with E-state index in [2.05, 4.69) is 26.0 Å². The molecule has 0 aliphatic carbocycles. The summed E-state index contributed by atoms with van der Waals surface area (Å²) in [6.07, 6.45) is 1.41. The van der Waals surface area contributed by atoms with Crippen LogP contribution in [-0.4, -0.2) is 22.5 Å². The lowest BCUT2D eigenvalue weighted by Gasteiger charge is -2.15. The van der Waals surface area contributed by atoms with E-state index in [0.717, 1.165) is 10.2 Å². The van der Waals surface area contributed by atoms with E-state index in [4.69, 9.17) is 21.1 Å². The third-order valence-electron chi connectivity index (χ3n) is 4.77. The van der Waals surface area contributed by atoms with Gasteiger partial charge < -0.3 is 14.5 Å². The quantitative estimate of drug-likeness (QED) is 0.343. The van der Waals surface area contributed by atoms with Gasteiger partial charge in [0.05, 0.1) is 28.2 Å². The molecule has 0 aliphatic heterocycles. The Bertz CT molecular complexity index is 1460. The lowest BCUT2D eigenvalue weighted by molar-refractivity contribution is 0.267. The molecule has 7 nitrogen and oxygen atoms in total. The zero-order valence-electron chi connectivity index (χ0n) is 17.5. The minimum Gasteiger partial charge on any atom is -0.490 e. The molecule has 0 amide bonds. The van der Waals surface area contributed by atoms with Gasteiger partial charge in [0.1, 0.15) is 6.61 Å². The maximum absolute atomic E-state index is 12.7. The number of benzene rings is 3. The average Bonchev–Trinajstić information content (AvgIpc) is 2.79. The van der Waals surface area contributed by atoms with Gasteiger partial charge in [0, 0.05) is 10.6 Å². The number of nitrogens with zero attached hydrogens (tertiary/aromatic N) is 2. The molecule has 33 heavy (non-hydrogen) atoms. The highest BCUT2D eigenvalue weighted by Crippen LogP contribution is 2.37. The Labute approximate surface area is 202 Å². The summed E-state index contributed by atoms with van der Waals surface area (Å²) in [5, 5.41) is 5.09. The van der Waals surface area contributed by atoms with Crippen LogP contribution in [0.3, 0.4) is 0 Å². The van der Waals surface area contributed by atoms with E-state index >= 15 is 0 Å². The van der Waals surface area contributed by atoms with Crippen LogP contribution in [-0.2, 0) is 6.61 Å². The molecule has 4 rings (SSSR count). The number of hydrogen-bond donors (Lipinski definition) is 1. The monoisotopic (exact) mass is 527 g/mol. The molecular weight excluding hydrogens is 510 g/mol. The smallest absolute Gasteiger partial charge is 0.349 e. The van der Waals surface area contributed by atoms with Crippen LogP contribution in [0.5, 0.6) is 11.5 Å². The van der Waals surface area contributed by atoms with E-state index in [-0.39, 0.29) is 6.61 Å². The first-order valence-corrected chi connectivity index (χ1v) is 11.3. The van der Waals surface area contributed by atoms with Crippen LogP contribution in [0.4, 0.5) is 0 Å². The van der Waals surface area contributed by atoms with Crippen LogP contribution in [0.15, 0.2) is 79.8 Å². The molecule has 1 heterocycles. The number of para-hydroxylation sites is 1. The van der Waals surface area contributed by atoms with Crippen LogP contribution < -0.4 is 20.7 Å². The van der Waals surface area contributed by atoms with Gasteiger partial charge in [-0.15, -0.1) is 4.68 Å². The third kappa shape index (κ3) is 5.02. The minimum absolute atomic E-state index is 0.258. The summed E-state index contributed by atoms with van der Waals surface area (Å²) in [6.45, 7) is 2.54. The molecule has 0 aliphatic rings. The van der Waals surface area contributed by atoms with E-state index in [0.29, 0.717) is 44.1 Å². The van der Waals surface area contributed by atoms with Gasteiger partial charge in [-0.25, -0.2) is 4.79 Å². The summed E-state index contributed by atoms with van der Waals surface area (Å²) in [6, 6.07) is 17.7. The second-order valence-corrected chi connectivity index (χ2v) is 8.24.